The van der Waals surface area contributed by atoms with Gasteiger partial charge in [-0.2, -0.15) is 9.97 Å². The lowest BCUT2D eigenvalue weighted by atomic mass is 10.3. The van der Waals surface area contributed by atoms with Crippen molar-refractivity contribution in [3.05, 3.63) is 30.4 Å². The minimum absolute atomic E-state index is 0.117. The Hall–Kier alpha value is -2.70. The molecule has 0 fully saturated rings. The maximum absolute atomic E-state index is 5.70. The Morgan fingerprint density at radius 3 is 3.00 bits per heavy atom. The fraction of sp³-hybridized carbons (Fsp3) is 0.0909. The number of hydrogen-bond acceptors (Lipinski definition) is 6. The molecule has 0 aliphatic heterocycles. The van der Waals surface area contributed by atoms with Crippen molar-refractivity contribution >= 4 is 17.1 Å². The number of anilines is 1. The molecule has 0 unspecified atom stereocenters. The first-order valence-corrected chi connectivity index (χ1v) is 5.30. The van der Waals surface area contributed by atoms with Crippen molar-refractivity contribution in [2.75, 3.05) is 5.73 Å². The number of H-pyrrole nitrogens is 1. The number of nitrogens with two attached hydrogens (primary N) is 1. The lowest BCUT2D eigenvalue weighted by molar-refractivity contribution is 0.461. The second kappa shape index (κ2) is 3.95. The molecule has 3 aromatic heterocycles. The number of aromatic amines is 1. The smallest absolute Gasteiger partial charge is 0.250 e. The second-order valence-corrected chi connectivity index (χ2v) is 3.68. The van der Waals surface area contributed by atoms with Crippen LogP contribution in [0.5, 0.6) is 11.6 Å². The van der Waals surface area contributed by atoms with Crippen molar-refractivity contribution in [1.29, 1.82) is 0 Å². The van der Waals surface area contributed by atoms with Crippen molar-refractivity contribution in [2.24, 2.45) is 0 Å². The molecule has 0 bridgehead atoms. The molecule has 0 saturated carbocycles. The number of hydrogen-bond donors (Lipinski definition) is 2. The summed E-state index contributed by atoms with van der Waals surface area (Å²) in [6.07, 6.45) is 3.21. The third-order valence-corrected chi connectivity index (χ3v) is 2.43. The molecule has 0 saturated heterocycles. The normalized spacial score (nSPS) is 10.7. The Bertz CT molecular complexity index is 708. The summed E-state index contributed by atoms with van der Waals surface area (Å²) < 4.78 is 5.70. The number of pyridine rings is 1. The first-order chi connectivity index (χ1) is 8.74. The molecule has 3 rings (SSSR count). The highest BCUT2D eigenvalue weighted by Crippen LogP contribution is 2.26. The van der Waals surface area contributed by atoms with Crippen LogP contribution >= 0.6 is 0 Å². The molecule has 3 N–H and O–H groups in total. The number of imidazole rings is 1. The van der Waals surface area contributed by atoms with E-state index >= 15 is 0 Å². The summed E-state index contributed by atoms with van der Waals surface area (Å²) in [4.78, 5) is 19.1. The lowest BCUT2D eigenvalue weighted by Crippen LogP contribution is -1.99. The van der Waals surface area contributed by atoms with Gasteiger partial charge < -0.3 is 15.5 Å². The number of rotatable bonds is 2. The highest BCUT2D eigenvalue weighted by Gasteiger charge is 2.11. The number of aryl methyl sites for hydroxylation is 1. The summed E-state index contributed by atoms with van der Waals surface area (Å²) in [5, 5.41) is 0. The predicted molar refractivity (Wildman–Crippen MR) is 65.1 cm³/mol. The molecular formula is C11H10N6O. The Morgan fingerprint density at radius 1 is 1.28 bits per heavy atom. The molecule has 3 aromatic rings. The van der Waals surface area contributed by atoms with E-state index in [1.165, 1.54) is 6.33 Å². The largest absolute Gasteiger partial charge is 0.435 e. The maximum atomic E-state index is 5.70. The first kappa shape index (κ1) is 10.5. The Kier molecular flexibility index (Phi) is 2.30. The molecular weight excluding hydrogens is 232 g/mol. The van der Waals surface area contributed by atoms with Crippen LogP contribution in [0.1, 0.15) is 5.69 Å². The van der Waals surface area contributed by atoms with Gasteiger partial charge in [0, 0.05) is 6.20 Å². The average molecular weight is 242 g/mol. The van der Waals surface area contributed by atoms with E-state index in [1.54, 1.807) is 12.3 Å². The zero-order valence-corrected chi connectivity index (χ0v) is 9.58. The summed E-state index contributed by atoms with van der Waals surface area (Å²) in [7, 11) is 0. The van der Waals surface area contributed by atoms with Crippen LogP contribution in [0.2, 0.25) is 0 Å². The van der Waals surface area contributed by atoms with Gasteiger partial charge in [0.1, 0.15) is 5.52 Å². The van der Waals surface area contributed by atoms with Gasteiger partial charge in [-0.1, -0.05) is 0 Å². The van der Waals surface area contributed by atoms with E-state index in [9.17, 15) is 0 Å². The molecule has 0 amide bonds. The molecule has 7 heteroatoms. The van der Waals surface area contributed by atoms with E-state index in [0.717, 1.165) is 5.69 Å². The molecule has 90 valence electrons. The lowest BCUT2D eigenvalue weighted by Gasteiger charge is -2.07. The third-order valence-electron chi connectivity index (χ3n) is 2.43. The van der Waals surface area contributed by atoms with E-state index < -0.39 is 0 Å². The van der Waals surface area contributed by atoms with Gasteiger partial charge in [0.2, 0.25) is 5.95 Å². The standard InChI is InChI=1S/C11H10N6O/c1-6-7(3-2-4-13-6)18-10-8-9(15-5-14-8)16-11(12)17-10/h2-5H,1H3,(H3,12,14,15,16,17). The SMILES string of the molecule is Cc1ncccc1Oc1nc(N)nc2nc[nH]c12. The minimum Gasteiger partial charge on any atom is -0.435 e. The predicted octanol–water partition coefficient (Wildman–Crippen LogP) is 1.43. The minimum atomic E-state index is 0.117. The van der Waals surface area contributed by atoms with Crippen LogP contribution in [0.3, 0.4) is 0 Å². The molecule has 0 radical (unpaired) electrons. The Labute approximate surface area is 102 Å². The van der Waals surface area contributed by atoms with Gasteiger partial charge in [-0.05, 0) is 19.1 Å². The summed E-state index contributed by atoms with van der Waals surface area (Å²) in [6.45, 7) is 1.85. The molecule has 0 spiro atoms. The van der Waals surface area contributed by atoms with Crippen LogP contribution in [-0.2, 0) is 0 Å². The summed E-state index contributed by atoms with van der Waals surface area (Å²) >= 11 is 0. The van der Waals surface area contributed by atoms with Gasteiger partial charge >= 0.3 is 0 Å². The molecule has 0 aliphatic carbocycles. The van der Waals surface area contributed by atoms with Gasteiger partial charge in [-0.15, -0.1) is 0 Å². The van der Waals surface area contributed by atoms with Crippen molar-refractivity contribution in [3.63, 3.8) is 0 Å². The van der Waals surface area contributed by atoms with Crippen molar-refractivity contribution < 1.29 is 4.74 Å². The van der Waals surface area contributed by atoms with E-state index in [4.69, 9.17) is 10.5 Å². The number of nitrogens with zero attached hydrogens (tertiary/aromatic N) is 4. The highest BCUT2D eigenvalue weighted by molar-refractivity contribution is 5.77. The van der Waals surface area contributed by atoms with E-state index in [-0.39, 0.29) is 5.95 Å². The summed E-state index contributed by atoms with van der Waals surface area (Å²) in [5.74, 6) is 1.07. The number of aromatic nitrogens is 5. The quantitative estimate of drug-likeness (QED) is 0.704. The van der Waals surface area contributed by atoms with Crippen LogP contribution < -0.4 is 10.5 Å². The van der Waals surface area contributed by atoms with Crippen molar-refractivity contribution in [1.82, 2.24) is 24.9 Å². The number of fused-ring (bicyclic) bond motifs is 1. The molecule has 0 aromatic carbocycles. The fourth-order valence-corrected chi connectivity index (χ4v) is 1.58. The van der Waals surface area contributed by atoms with E-state index in [0.29, 0.717) is 22.8 Å². The molecule has 7 nitrogen and oxygen atoms in total. The zero-order valence-electron chi connectivity index (χ0n) is 9.58. The molecule has 0 atom stereocenters. The molecule has 0 aliphatic rings. The van der Waals surface area contributed by atoms with Gasteiger partial charge in [0.25, 0.3) is 5.88 Å². The highest BCUT2D eigenvalue weighted by atomic mass is 16.5. The van der Waals surface area contributed by atoms with Crippen LogP contribution in [0, 0.1) is 6.92 Å². The maximum Gasteiger partial charge on any atom is 0.250 e. The first-order valence-electron chi connectivity index (χ1n) is 5.30. The summed E-state index contributed by atoms with van der Waals surface area (Å²) in [6, 6.07) is 3.60. The topological polar surface area (TPSA) is 103 Å². The summed E-state index contributed by atoms with van der Waals surface area (Å²) in [5.41, 5.74) is 7.45. The molecule has 18 heavy (non-hydrogen) atoms. The number of ether oxygens (including phenoxy) is 1. The van der Waals surface area contributed by atoms with Crippen molar-refractivity contribution in [2.45, 2.75) is 6.92 Å². The monoisotopic (exact) mass is 242 g/mol. The zero-order chi connectivity index (χ0) is 12.5. The average Bonchev–Trinajstić information content (AvgIpc) is 2.80. The Morgan fingerprint density at radius 2 is 2.17 bits per heavy atom. The Balaban J connectivity index is 2.10. The van der Waals surface area contributed by atoms with Crippen molar-refractivity contribution in [3.8, 4) is 11.6 Å². The second-order valence-electron chi connectivity index (χ2n) is 3.68. The van der Waals surface area contributed by atoms with Crippen LogP contribution in [0.15, 0.2) is 24.7 Å². The number of nitrogens with one attached hydrogen (secondary N) is 1. The van der Waals surface area contributed by atoms with E-state index in [2.05, 4.69) is 24.9 Å². The van der Waals surface area contributed by atoms with Crippen LogP contribution in [-0.4, -0.2) is 24.9 Å². The number of nitrogen functional groups attached to an aromatic ring is 1. The van der Waals surface area contributed by atoms with Gasteiger partial charge in [0.15, 0.2) is 11.4 Å². The third kappa shape index (κ3) is 1.71. The van der Waals surface area contributed by atoms with Crippen LogP contribution in [0.4, 0.5) is 5.95 Å². The molecule has 3 heterocycles. The van der Waals surface area contributed by atoms with Gasteiger partial charge in [-0.25, -0.2) is 4.98 Å². The fourth-order valence-electron chi connectivity index (χ4n) is 1.58. The van der Waals surface area contributed by atoms with Gasteiger partial charge in [0.05, 0.1) is 12.0 Å². The van der Waals surface area contributed by atoms with E-state index in [1.807, 2.05) is 13.0 Å². The van der Waals surface area contributed by atoms with Gasteiger partial charge in [-0.3, -0.25) is 4.98 Å². The van der Waals surface area contributed by atoms with Crippen LogP contribution in [0.25, 0.3) is 11.2 Å².